The highest BCUT2D eigenvalue weighted by atomic mass is 16.3. The molecular formula is C72H135NO3. The van der Waals surface area contributed by atoms with Crippen molar-refractivity contribution < 1.29 is 15.0 Å². The molecule has 0 aromatic heterocycles. The lowest BCUT2D eigenvalue weighted by Crippen LogP contribution is -2.45. The van der Waals surface area contributed by atoms with Gasteiger partial charge in [0.25, 0.3) is 0 Å². The smallest absolute Gasteiger partial charge is 0.220 e. The van der Waals surface area contributed by atoms with Gasteiger partial charge in [-0.1, -0.05) is 370 Å². The van der Waals surface area contributed by atoms with E-state index in [2.05, 4.69) is 79.9 Å². The standard InChI is InChI=1S/C72H135NO3/c1-3-5-7-9-11-13-15-17-19-21-23-25-27-29-31-33-34-35-36-37-38-40-42-44-46-48-50-52-54-56-58-60-62-64-66-68-72(76)73-70(69-74)71(75)67-65-63-61-59-57-55-53-51-49-47-45-43-41-39-32-30-28-26-24-22-20-18-16-14-12-10-8-6-4-2/h5,7,11,13,17,19,23,25,29,31,70-71,74-75H,3-4,6,8-10,12,14-16,18,20-22,24,26-28,30,32-69H2,1-2H3,(H,73,76)/b7-5-,13-11-,19-17-,25-23-,31-29-. The van der Waals surface area contributed by atoms with E-state index in [4.69, 9.17) is 0 Å². The summed E-state index contributed by atoms with van der Waals surface area (Å²) in [6, 6.07) is -0.538. The summed E-state index contributed by atoms with van der Waals surface area (Å²) >= 11 is 0. The highest BCUT2D eigenvalue weighted by Gasteiger charge is 2.20. The molecule has 0 saturated heterocycles. The van der Waals surface area contributed by atoms with Crippen molar-refractivity contribution in [3.63, 3.8) is 0 Å². The van der Waals surface area contributed by atoms with E-state index in [9.17, 15) is 15.0 Å². The van der Waals surface area contributed by atoms with Gasteiger partial charge in [0.15, 0.2) is 0 Å². The maximum Gasteiger partial charge on any atom is 0.220 e. The third-order valence-corrected chi connectivity index (χ3v) is 16.0. The summed E-state index contributed by atoms with van der Waals surface area (Å²) in [5.74, 6) is -0.0249. The zero-order chi connectivity index (χ0) is 54.8. The quantitative estimate of drug-likeness (QED) is 0.0420. The van der Waals surface area contributed by atoms with Crippen molar-refractivity contribution in [2.45, 2.75) is 386 Å². The molecule has 4 nitrogen and oxygen atoms in total. The number of aliphatic hydroxyl groups excluding tert-OH is 2. The summed E-state index contributed by atoms with van der Waals surface area (Å²) in [5.41, 5.74) is 0. The summed E-state index contributed by atoms with van der Waals surface area (Å²) < 4.78 is 0. The Kier molecular flexibility index (Phi) is 65.7. The Hall–Kier alpha value is -1.91. The molecular weight excluding hydrogens is 927 g/mol. The number of carbonyl (C=O) groups excluding carboxylic acids is 1. The third kappa shape index (κ3) is 62.9. The van der Waals surface area contributed by atoms with E-state index in [0.717, 1.165) is 57.8 Å². The SMILES string of the molecule is CC/C=C\C/C=C\C/C=C\C/C=C\C/C=C\CCCCCCCCCCCCCCCCCCCCCC(=O)NC(CO)C(O)CCCCCCCCCCCCCCCCCCCCCCCCCCCCCCC. The Morgan fingerprint density at radius 2 is 0.579 bits per heavy atom. The van der Waals surface area contributed by atoms with Crippen LogP contribution < -0.4 is 5.32 Å². The maximum absolute atomic E-state index is 12.6. The minimum Gasteiger partial charge on any atom is -0.394 e. The van der Waals surface area contributed by atoms with Crippen LogP contribution in [-0.2, 0) is 4.79 Å². The van der Waals surface area contributed by atoms with Crippen LogP contribution in [0.5, 0.6) is 0 Å². The van der Waals surface area contributed by atoms with Crippen molar-refractivity contribution in [3.05, 3.63) is 60.8 Å². The molecule has 0 aliphatic rings. The molecule has 1 amide bonds. The number of hydrogen-bond acceptors (Lipinski definition) is 3. The molecule has 76 heavy (non-hydrogen) atoms. The second-order valence-electron chi connectivity index (χ2n) is 23.6. The van der Waals surface area contributed by atoms with Crippen LogP contribution in [0, 0.1) is 0 Å². The lowest BCUT2D eigenvalue weighted by molar-refractivity contribution is -0.123. The summed E-state index contributed by atoms with van der Waals surface area (Å²) in [6.07, 6.45) is 95.6. The molecule has 2 unspecified atom stereocenters. The first-order valence-electron chi connectivity index (χ1n) is 34.5. The summed E-state index contributed by atoms with van der Waals surface area (Å²) in [4.78, 5) is 12.6. The summed E-state index contributed by atoms with van der Waals surface area (Å²) in [6.45, 7) is 4.28. The maximum atomic E-state index is 12.6. The monoisotopic (exact) mass is 1060 g/mol. The highest BCUT2D eigenvalue weighted by molar-refractivity contribution is 5.76. The second kappa shape index (κ2) is 67.4. The zero-order valence-electron chi connectivity index (χ0n) is 51.5. The molecule has 2 atom stereocenters. The van der Waals surface area contributed by atoms with Crippen LogP contribution in [0.15, 0.2) is 60.8 Å². The van der Waals surface area contributed by atoms with E-state index >= 15 is 0 Å². The van der Waals surface area contributed by atoms with E-state index in [1.54, 1.807) is 0 Å². The average Bonchev–Trinajstić information content (AvgIpc) is 3.42. The molecule has 0 rings (SSSR count). The Labute approximate surface area is 477 Å². The van der Waals surface area contributed by atoms with Crippen molar-refractivity contribution in [2.75, 3.05) is 6.61 Å². The lowest BCUT2D eigenvalue weighted by Gasteiger charge is -2.22. The van der Waals surface area contributed by atoms with Crippen molar-refractivity contribution in [2.24, 2.45) is 0 Å². The molecule has 0 fully saturated rings. The minimum absolute atomic E-state index is 0.0249. The second-order valence-corrected chi connectivity index (χ2v) is 23.6. The molecule has 0 spiro atoms. The lowest BCUT2D eigenvalue weighted by atomic mass is 10.0. The van der Waals surface area contributed by atoms with Crippen LogP contribution in [0.2, 0.25) is 0 Å². The van der Waals surface area contributed by atoms with Gasteiger partial charge in [0.1, 0.15) is 0 Å². The first-order valence-corrected chi connectivity index (χ1v) is 34.5. The molecule has 0 aromatic carbocycles. The highest BCUT2D eigenvalue weighted by Crippen LogP contribution is 2.19. The molecule has 0 aliphatic heterocycles. The number of rotatable bonds is 64. The Morgan fingerprint density at radius 3 is 0.868 bits per heavy atom. The van der Waals surface area contributed by atoms with E-state index < -0.39 is 12.1 Å². The van der Waals surface area contributed by atoms with E-state index in [0.29, 0.717) is 12.8 Å². The molecule has 0 radical (unpaired) electrons. The van der Waals surface area contributed by atoms with Gasteiger partial charge in [0.05, 0.1) is 18.8 Å². The van der Waals surface area contributed by atoms with Crippen LogP contribution in [0.3, 0.4) is 0 Å². The van der Waals surface area contributed by atoms with E-state index in [1.807, 2.05) is 0 Å². The zero-order valence-corrected chi connectivity index (χ0v) is 51.5. The van der Waals surface area contributed by atoms with Crippen LogP contribution in [-0.4, -0.2) is 34.9 Å². The van der Waals surface area contributed by atoms with E-state index in [-0.39, 0.29) is 12.5 Å². The number of hydrogen-bond donors (Lipinski definition) is 3. The van der Waals surface area contributed by atoms with Gasteiger partial charge in [-0.15, -0.1) is 0 Å². The molecule has 0 aromatic rings. The fourth-order valence-corrected chi connectivity index (χ4v) is 10.9. The molecule has 0 bridgehead atoms. The Morgan fingerprint density at radius 1 is 0.329 bits per heavy atom. The predicted molar refractivity (Wildman–Crippen MR) is 341 cm³/mol. The average molecular weight is 1060 g/mol. The summed E-state index contributed by atoms with van der Waals surface area (Å²) in [7, 11) is 0. The van der Waals surface area contributed by atoms with Gasteiger partial charge in [-0.25, -0.2) is 0 Å². The van der Waals surface area contributed by atoms with Gasteiger partial charge in [-0.2, -0.15) is 0 Å². The number of aliphatic hydroxyl groups is 2. The topological polar surface area (TPSA) is 69.6 Å². The number of amides is 1. The first kappa shape index (κ1) is 74.1. The van der Waals surface area contributed by atoms with Crippen LogP contribution in [0.25, 0.3) is 0 Å². The van der Waals surface area contributed by atoms with Crippen molar-refractivity contribution in [3.8, 4) is 0 Å². The number of carbonyl (C=O) groups is 1. The molecule has 0 heterocycles. The molecule has 446 valence electrons. The van der Waals surface area contributed by atoms with Crippen molar-refractivity contribution in [1.29, 1.82) is 0 Å². The van der Waals surface area contributed by atoms with Gasteiger partial charge >= 0.3 is 0 Å². The number of allylic oxidation sites excluding steroid dienone is 10. The molecule has 0 aliphatic carbocycles. The number of unbranched alkanes of at least 4 members (excludes halogenated alkanes) is 47. The fourth-order valence-electron chi connectivity index (χ4n) is 10.9. The van der Waals surface area contributed by atoms with Crippen LogP contribution in [0.4, 0.5) is 0 Å². The van der Waals surface area contributed by atoms with Gasteiger partial charge < -0.3 is 15.5 Å². The van der Waals surface area contributed by atoms with Crippen LogP contribution >= 0.6 is 0 Å². The molecule has 4 heteroatoms. The van der Waals surface area contributed by atoms with Crippen molar-refractivity contribution >= 4 is 5.91 Å². The van der Waals surface area contributed by atoms with Crippen LogP contribution in [0.1, 0.15) is 373 Å². The Bertz CT molecular complexity index is 1250. The summed E-state index contributed by atoms with van der Waals surface area (Å²) in [5, 5.41) is 23.5. The minimum atomic E-state index is -0.662. The Balaban J connectivity index is 3.41. The first-order chi connectivity index (χ1) is 37.7. The van der Waals surface area contributed by atoms with E-state index in [1.165, 1.54) is 289 Å². The van der Waals surface area contributed by atoms with Gasteiger partial charge in [0, 0.05) is 6.42 Å². The van der Waals surface area contributed by atoms with Gasteiger partial charge in [0.2, 0.25) is 5.91 Å². The fraction of sp³-hybridized carbons (Fsp3) is 0.847. The normalized spacial score (nSPS) is 13.1. The number of nitrogens with one attached hydrogen (secondary N) is 1. The van der Waals surface area contributed by atoms with Crippen molar-refractivity contribution in [1.82, 2.24) is 5.32 Å². The third-order valence-electron chi connectivity index (χ3n) is 16.0. The van der Waals surface area contributed by atoms with Gasteiger partial charge in [-0.3, -0.25) is 4.79 Å². The predicted octanol–water partition coefficient (Wildman–Crippen LogP) is 23.5. The van der Waals surface area contributed by atoms with Gasteiger partial charge in [-0.05, 0) is 57.8 Å². The largest absolute Gasteiger partial charge is 0.394 e. The molecule has 3 N–H and O–H groups in total. The molecule has 0 saturated carbocycles.